The Morgan fingerprint density at radius 1 is 1.26 bits per heavy atom. The van der Waals surface area contributed by atoms with Crippen LogP contribution in [0.5, 0.6) is 0 Å². The number of amides is 2. The summed E-state index contributed by atoms with van der Waals surface area (Å²) in [4.78, 5) is 25.4. The van der Waals surface area contributed by atoms with Gasteiger partial charge in [0.25, 0.3) is 5.91 Å². The van der Waals surface area contributed by atoms with Gasteiger partial charge in [0.05, 0.1) is 23.1 Å². The average Bonchev–Trinajstić information content (AvgIpc) is 2.88. The molecule has 0 saturated carbocycles. The molecule has 0 saturated heterocycles. The lowest BCUT2D eigenvalue weighted by Gasteiger charge is -2.09. The first kappa shape index (κ1) is 15.2. The van der Waals surface area contributed by atoms with E-state index in [-0.39, 0.29) is 17.4 Å². The average molecular weight is 324 g/mol. The minimum Gasteiger partial charge on any atom is -0.515 e. The van der Waals surface area contributed by atoms with Crippen molar-refractivity contribution in [2.75, 3.05) is 5.32 Å². The van der Waals surface area contributed by atoms with Crippen molar-refractivity contribution in [1.29, 1.82) is 0 Å². The van der Waals surface area contributed by atoms with Crippen LogP contribution < -0.4 is 10.5 Å². The summed E-state index contributed by atoms with van der Waals surface area (Å²) in [6.07, 6.45) is 0.814. The molecule has 2 aromatic rings. The van der Waals surface area contributed by atoms with Crippen molar-refractivity contribution in [1.82, 2.24) is 5.23 Å². The Bertz CT molecular complexity index is 836. The molecule has 0 atom stereocenters. The number of nitrogens with one attached hydrogen (secondary N) is 2. The van der Waals surface area contributed by atoms with Gasteiger partial charge >= 0.3 is 0 Å². The molecule has 3 rings (SSSR count). The van der Waals surface area contributed by atoms with Crippen LogP contribution in [0.1, 0.15) is 15.9 Å². The molecule has 0 radical (unpaired) electrons. The summed E-state index contributed by atoms with van der Waals surface area (Å²) in [5.41, 5.74) is 2.17. The summed E-state index contributed by atoms with van der Waals surface area (Å²) in [6.45, 7) is 0. The van der Waals surface area contributed by atoms with Crippen LogP contribution in [-0.4, -0.2) is 24.9 Å². The van der Waals surface area contributed by atoms with Gasteiger partial charge in [-0.25, -0.2) is 0 Å². The zero-order valence-electron chi connectivity index (χ0n) is 12.3. The van der Waals surface area contributed by atoms with E-state index in [9.17, 15) is 9.59 Å². The van der Waals surface area contributed by atoms with Crippen LogP contribution in [-0.2, 0) is 4.79 Å². The number of carbonyl (C=O) groups excluding carboxylic acids is 2. The lowest BCUT2D eigenvalue weighted by molar-refractivity contribution is -0.110. The van der Waals surface area contributed by atoms with Gasteiger partial charge < -0.3 is 15.7 Å². The second-order valence-corrected chi connectivity index (χ2v) is 6.00. The number of aliphatic hydroxyl groups is 1. The molecule has 5 nitrogen and oxygen atoms in total. The number of anilines is 1. The van der Waals surface area contributed by atoms with E-state index < -0.39 is 0 Å². The van der Waals surface area contributed by atoms with Gasteiger partial charge in [-0.05, 0) is 24.3 Å². The van der Waals surface area contributed by atoms with E-state index in [1.807, 2.05) is 30.3 Å². The van der Waals surface area contributed by atoms with Crippen LogP contribution in [0.15, 0.2) is 58.5 Å². The fraction of sp³-hybridized carbons (Fsp3) is 0. The van der Waals surface area contributed by atoms with Gasteiger partial charge in [0.2, 0.25) is 13.9 Å². The van der Waals surface area contributed by atoms with E-state index in [1.54, 1.807) is 20.1 Å². The molecule has 114 valence electrons. The van der Waals surface area contributed by atoms with Crippen LogP contribution in [0.25, 0.3) is 5.57 Å². The van der Waals surface area contributed by atoms with Crippen LogP contribution in [0, 0.1) is 0 Å². The molecule has 0 aromatic heterocycles. The maximum Gasteiger partial charge on any atom is 0.259 e. The summed E-state index contributed by atoms with van der Waals surface area (Å²) in [5.74, 6) is -0.469. The largest absolute Gasteiger partial charge is 0.515 e. The molecule has 0 fully saturated rings. The summed E-state index contributed by atoms with van der Waals surface area (Å²) < 4.78 is 0. The number of fused-ring (bicyclic) bond motifs is 1. The highest BCUT2D eigenvalue weighted by Crippen LogP contribution is 2.37. The fourth-order valence-electron chi connectivity index (χ4n) is 2.37. The highest BCUT2D eigenvalue weighted by molar-refractivity contribution is 7.99. The summed E-state index contributed by atoms with van der Waals surface area (Å²) in [5, 5.41) is 14.5. The van der Waals surface area contributed by atoms with E-state index in [0.29, 0.717) is 16.8 Å². The van der Waals surface area contributed by atoms with Crippen LogP contribution in [0.4, 0.5) is 5.69 Å². The molecule has 2 aromatic carbocycles. The molecule has 0 bridgehead atoms. The minimum absolute atomic E-state index is 0.145. The normalized spacial score (nSPS) is 14.4. The second-order valence-electron chi connectivity index (χ2n) is 4.88. The van der Waals surface area contributed by atoms with Gasteiger partial charge in [-0.3, -0.25) is 9.59 Å². The van der Waals surface area contributed by atoms with E-state index >= 15 is 0 Å². The molecule has 23 heavy (non-hydrogen) atoms. The molecule has 1 aliphatic rings. The van der Waals surface area contributed by atoms with Gasteiger partial charge in [-0.15, -0.1) is 0 Å². The summed E-state index contributed by atoms with van der Waals surface area (Å²) in [7, 11) is 1.59. The van der Waals surface area contributed by atoms with Gasteiger partial charge in [0.1, 0.15) is 0 Å². The molecular weight excluding hydrogens is 311 g/mol. The van der Waals surface area contributed by atoms with Gasteiger partial charge in [-0.2, -0.15) is 0 Å². The van der Waals surface area contributed by atoms with Crippen molar-refractivity contribution in [2.24, 2.45) is 0 Å². The smallest absolute Gasteiger partial charge is 0.259 e. The quantitative estimate of drug-likeness (QED) is 0.458. The number of hydrogen-bond acceptors (Lipinski definition) is 4. The Labute approximate surface area is 138 Å². The third-order valence-electron chi connectivity index (χ3n) is 3.49. The predicted molar refractivity (Wildman–Crippen MR) is 92.3 cm³/mol. The molecule has 3 N–H and O–H groups in total. The van der Waals surface area contributed by atoms with Gasteiger partial charge in [0.15, 0.2) is 0 Å². The number of benzene rings is 2. The van der Waals surface area contributed by atoms with Crippen LogP contribution >= 0.6 is 11.8 Å². The monoisotopic (exact) mass is 324 g/mol. The molecule has 1 heterocycles. The van der Waals surface area contributed by atoms with E-state index in [2.05, 4.69) is 10.5 Å². The van der Waals surface area contributed by atoms with Crippen molar-refractivity contribution < 1.29 is 14.7 Å². The van der Waals surface area contributed by atoms with Gasteiger partial charge in [0, 0.05) is 15.4 Å². The standard InChI is InChI=1S/C16H13BN2O3S/c17-19-16(22)11-3-1-2-4-14(11)23-9-5-6-10-12(8-20)15(21)18-13(10)7-9/h1-8,20H,17H2,(H,18,21)(H,19,22). The number of rotatable bonds is 3. The Morgan fingerprint density at radius 3 is 2.78 bits per heavy atom. The first-order valence-corrected chi connectivity index (χ1v) is 7.75. The minimum atomic E-state index is -0.324. The number of hydrogen-bond donors (Lipinski definition) is 3. The maximum atomic E-state index is 11.9. The molecule has 0 aliphatic carbocycles. The Balaban J connectivity index is 1.93. The highest BCUT2D eigenvalue weighted by atomic mass is 32.2. The van der Waals surface area contributed by atoms with Gasteiger partial charge in [-0.1, -0.05) is 30.0 Å². The van der Waals surface area contributed by atoms with E-state index in [0.717, 1.165) is 16.1 Å². The molecule has 2 amide bonds. The Morgan fingerprint density at radius 2 is 2.04 bits per heavy atom. The first-order chi connectivity index (χ1) is 11.1. The second kappa shape index (κ2) is 6.22. The topological polar surface area (TPSA) is 78.4 Å². The third kappa shape index (κ3) is 2.83. The van der Waals surface area contributed by atoms with Crippen molar-refractivity contribution >= 4 is 42.8 Å². The number of aliphatic hydroxyl groups excluding tert-OH is 1. The molecular formula is C16H13BN2O3S. The molecule has 0 spiro atoms. The van der Waals surface area contributed by atoms with Crippen LogP contribution in [0.2, 0.25) is 0 Å². The van der Waals surface area contributed by atoms with Crippen LogP contribution in [0.3, 0.4) is 0 Å². The highest BCUT2D eigenvalue weighted by Gasteiger charge is 2.24. The summed E-state index contributed by atoms with van der Waals surface area (Å²) in [6, 6.07) is 12.8. The maximum absolute atomic E-state index is 11.9. The number of carbonyl (C=O) groups is 2. The van der Waals surface area contributed by atoms with Crippen molar-refractivity contribution in [3.63, 3.8) is 0 Å². The van der Waals surface area contributed by atoms with Crippen molar-refractivity contribution in [2.45, 2.75) is 9.79 Å². The zero-order valence-corrected chi connectivity index (χ0v) is 13.1. The molecule has 7 heteroatoms. The SMILES string of the molecule is BNC(=O)c1ccccc1Sc1ccc2c(c1)NC(=O)C2=CO. The first-order valence-electron chi connectivity index (χ1n) is 6.93. The zero-order chi connectivity index (χ0) is 16.4. The molecule has 0 unspecified atom stereocenters. The Hall–Kier alpha value is -2.67. The predicted octanol–water partition coefficient (Wildman–Crippen LogP) is 1.97. The lowest BCUT2D eigenvalue weighted by Crippen LogP contribution is -2.20. The lowest BCUT2D eigenvalue weighted by atomic mass is 10.1. The Kier molecular flexibility index (Phi) is 4.12. The molecule has 1 aliphatic heterocycles. The van der Waals surface area contributed by atoms with E-state index in [4.69, 9.17) is 5.11 Å². The fourth-order valence-corrected chi connectivity index (χ4v) is 3.35. The van der Waals surface area contributed by atoms with Crippen molar-refractivity contribution in [3.05, 3.63) is 59.9 Å². The van der Waals surface area contributed by atoms with E-state index in [1.165, 1.54) is 11.8 Å². The van der Waals surface area contributed by atoms with Crippen molar-refractivity contribution in [3.8, 4) is 0 Å². The third-order valence-corrected chi connectivity index (χ3v) is 4.56. The summed E-state index contributed by atoms with van der Waals surface area (Å²) >= 11 is 1.44.